The summed E-state index contributed by atoms with van der Waals surface area (Å²) < 4.78 is 10.8. The number of halogens is 1. The summed E-state index contributed by atoms with van der Waals surface area (Å²) in [6, 6.07) is 5.99. The maximum atomic E-state index is 6.36. The van der Waals surface area contributed by atoms with Crippen molar-refractivity contribution in [3.63, 3.8) is 0 Å². The Morgan fingerprint density at radius 2 is 1.83 bits per heavy atom. The van der Waals surface area contributed by atoms with Crippen molar-refractivity contribution in [1.29, 1.82) is 0 Å². The molecule has 0 unspecified atom stereocenters. The topological polar surface area (TPSA) is 44.5 Å². The van der Waals surface area contributed by atoms with Crippen molar-refractivity contribution < 1.29 is 9.47 Å². The van der Waals surface area contributed by atoms with Crippen LogP contribution in [0.15, 0.2) is 18.2 Å². The van der Waals surface area contributed by atoms with Gasteiger partial charge in [0.2, 0.25) is 0 Å². The van der Waals surface area contributed by atoms with E-state index in [1.807, 2.05) is 18.2 Å². The molecule has 4 heteroatoms. The fourth-order valence-electron chi connectivity index (χ4n) is 2.74. The Labute approximate surface area is 115 Å². The predicted octanol–water partition coefficient (Wildman–Crippen LogP) is 3.32. The van der Waals surface area contributed by atoms with Crippen LogP contribution in [-0.4, -0.2) is 14.2 Å². The molecule has 0 aromatic heterocycles. The van der Waals surface area contributed by atoms with Crippen LogP contribution in [0.25, 0.3) is 0 Å². The molecule has 3 nitrogen and oxygen atoms in total. The van der Waals surface area contributed by atoms with E-state index in [1.165, 1.54) is 25.7 Å². The monoisotopic (exact) mass is 271 g/mol. The van der Waals surface area contributed by atoms with Crippen LogP contribution in [0.2, 0.25) is 0 Å². The summed E-state index contributed by atoms with van der Waals surface area (Å²) in [7, 11) is 3.32. The quantitative estimate of drug-likeness (QED) is 0.914. The van der Waals surface area contributed by atoms with E-state index in [2.05, 4.69) is 0 Å². The van der Waals surface area contributed by atoms with Crippen molar-refractivity contribution in [2.75, 3.05) is 14.2 Å². The van der Waals surface area contributed by atoms with Crippen molar-refractivity contribution >= 4 is 12.4 Å². The third-order valence-corrected chi connectivity index (χ3v) is 3.70. The van der Waals surface area contributed by atoms with Crippen molar-refractivity contribution in [1.82, 2.24) is 0 Å². The zero-order chi connectivity index (χ0) is 12.3. The molecule has 1 fully saturated rings. The van der Waals surface area contributed by atoms with Crippen molar-refractivity contribution in [3.8, 4) is 11.5 Å². The molecule has 1 aliphatic carbocycles. The van der Waals surface area contributed by atoms with E-state index < -0.39 is 0 Å². The average Bonchev–Trinajstić information content (AvgIpc) is 2.90. The molecule has 0 radical (unpaired) electrons. The maximum absolute atomic E-state index is 6.36. The molecule has 0 saturated heterocycles. The van der Waals surface area contributed by atoms with Crippen LogP contribution in [0.5, 0.6) is 11.5 Å². The lowest BCUT2D eigenvalue weighted by Crippen LogP contribution is -2.20. The number of benzene rings is 1. The van der Waals surface area contributed by atoms with Crippen LogP contribution in [0.3, 0.4) is 0 Å². The number of hydrogen-bond donors (Lipinski definition) is 1. The van der Waals surface area contributed by atoms with Gasteiger partial charge < -0.3 is 15.2 Å². The number of ether oxygens (including phenoxy) is 2. The van der Waals surface area contributed by atoms with Crippen LogP contribution in [0.4, 0.5) is 0 Å². The predicted molar refractivity (Wildman–Crippen MR) is 75.7 cm³/mol. The molecule has 2 rings (SSSR count). The largest absolute Gasteiger partial charge is 0.493 e. The molecule has 1 aromatic rings. The Kier molecular flexibility index (Phi) is 5.76. The zero-order valence-electron chi connectivity index (χ0n) is 11.0. The molecule has 18 heavy (non-hydrogen) atoms. The van der Waals surface area contributed by atoms with Gasteiger partial charge in [-0.15, -0.1) is 12.4 Å². The zero-order valence-corrected chi connectivity index (χ0v) is 11.8. The molecule has 2 N–H and O–H groups in total. The first kappa shape index (κ1) is 15.1. The number of methoxy groups -OCH3 is 2. The summed E-state index contributed by atoms with van der Waals surface area (Å²) in [5.74, 6) is 2.13. The molecule has 1 saturated carbocycles. The van der Waals surface area contributed by atoms with E-state index >= 15 is 0 Å². The number of nitrogens with two attached hydrogens (primary N) is 1. The molecule has 102 valence electrons. The van der Waals surface area contributed by atoms with Crippen LogP contribution in [0, 0.1) is 5.92 Å². The van der Waals surface area contributed by atoms with Crippen LogP contribution in [-0.2, 0) is 0 Å². The molecular formula is C14H22ClNO2. The average molecular weight is 272 g/mol. The second-order valence-electron chi connectivity index (χ2n) is 4.65. The second kappa shape index (κ2) is 6.86. The highest BCUT2D eigenvalue weighted by Crippen LogP contribution is 2.40. The van der Waals surface area contributed by atoms with Gasteiger partial charge in [-0.25, -0.2) is 0 Å². The number of rotatable bonds is 4. The summed E-state index contributed by atoms with van der Waals surface area (Å²) in [6.45, 7) is 0. The van der Waals surface area contributed by atoms with Crippen molar-refractivity contribution in [2.45, 2.75) is 31.7 Å². The first-order valence-electron chi connectivity index (χ1n) is 6.24. The molecule has 1 aliphatic rings. The molecule has 1 atom stereocenters. The Morgan fingerprint density at radius 1 is 1.17 bits per heavy atom. The van der Waals surface area contributed by atoms with E-state index in [-0.39, 0.29) is 18.4 Å². The van der Waals surface area contributed by atoms with Gasteiger partial charge in [0, 0.05) is 11.6 Å². The smallest absolute Gasteiger partial charge is 0.165 e. The minimum absolute atomic E-state index is 0. The highest BCUT2D eigenvalue weighted by molar-refractivity contribution is 5.85. The summed E-state index contributed by atoms with van der Waals surface area (Å²) in [5, 5.41) is 0. The molecule has 0 aliphatic heterocycles. The first-order valence-corrected chi connectivity index (χ1v) is 6.24. The fourth-order valence-corrected chi connectivity index (χ4v) is 2.74. The van der Waals surface area contributed by atoms with Gasteiger partial charge in [0.05, 0.1) is 14.2 Å². The molecule has 1 aromatic carbocycles. The summed E-state index contributed by atoms with van der Waals surface area (Å²) in [5.41, 5.74) is 7.43. The summed E-state index contributed by atoms with van der Waals surface area (Å²) >= 11 is 0. The molecule has 0 bridgehead atoms. The number of hydrogen-bond acceptors (Lipinski definition) is 3. The lowest BCUT2D eigenvalue weighted by atomic mass is 9.91. The lowest BCUT2D eigenvalue weighted by Gasteiger charge is -2.22. The van der Waals surface area contributed by atoms with Gasteiger partial charge in [-0.3, -0.25) is 0 Å². The Hall–Kier alpha value is -0.930. The van der Waals surface area contributed by atoms with E-state index in [9.17, 15) is 0 Å². The second-order valence-corrected chi connectivity index (χ2v) is 4.65. The van der Waals surface area contributed by atoms with Crippen LogP contribution in [0.1, 0.15) is 37.3 Å². The van der Waals surface area contributed by atoms with E-state index in [1.54, 1.807) is 14.2 Å². The molecule has 0 amide bonds. The van der Waals surface area contributed by atoms with Crippen molar-refractivity contribution in [3.05, 3.63) is 23.8 Å². The third kappa shape index (κ3) is 2.90. The third-order valence-electron chi connectivity index (χ3n) is 3.70. The Bertz CT molecular complexity index is 378. The lowest BCUT2D eigenvalue weighted by molar-refractivity contribution is 0.342. The number of para-hydroxylation sites is 1. The summed E-state index contributed by atoms with van der Waals surface area (Å²) in [6.07, 6.45) is 5.04. The summed E-state index contributed by atoms with van der Waals surface area (Å²) in [4.78, 5) is 0. The van der Waals surface area contributed by atoms with Gasteiger partial charge >= 0.3 is 0 Å². The Balaban J connectivity index is 0.00000162. The fraction of sp³-hybridized carbons (Fsp3) is 0.571. The molecular weight excluding hydrogens is 250 g/mol. The molecule has 0 heterocycles. The van der Waals surface area contributed by atoms with Gasteiger partial charge in [0.1, 0.15) is 0 Å². The van der Waals surface area contributed by atoms with Crippen LogP contribution < -0.4 is 15.2 Å². The minimum Gasteiger partial charge on any atom is -0.493 e. The first-order chi connectivity index (χ1) is 8.27. The van der Waals surface area contributed by atoms with E-state index in [4.69, 9.17) is 15.2 Å². The van der Waals surface area contributed by atoms with Crippen molar-refractivity contribution in [2.24, 2.45) is 11.7 Å². The SMILES string of the molecule is COc1cccc([C@H](N)C2CCCC2)c1OC.Cl. The van der Waals surface area contributed by atoms with Crippen LogP contribution >= 0.6 is 12.4 Å². The highest BCUT2D eigenvalue weighted by Gasteiger charge is 2.26. The maximum Gasteiger partial charge on any atom is 0.165 e. The van der Waals surface area contributed by atoms with Gasteiger partial charge in [-0.1, -0.05) is 25.0 Å². The van der Waals surface area contributed by atoms with Gasteiger partial charge in [-0.2, -0.15) is 0 Å². The van der Waals surface area contributed by atoms with E-state index in [0.29, 0.717) is 5.92 Å². The Morgan fingerprint density at radius 3 is 2.39 bits per heavy atom. The van der Waals surface area contributed by atoms with E-state index in [0.717, 1.165) is 17.1 Å². The van der Waals surface area contributed by atoms with Gasteiger partial charge in [0.25, 0.3) is 0 Å². The highest BCUT2D eigenvalue weighted by atomic mass is 35.5. The van der Waals surface area contributed by atoms with Gasteiger partial charge in [-0.05, 0) is 24.8 Å². The molecule has 0 spiro atoms. The van der Waals surface area contributed by atoms with Gasteiger partial charge in [0.15, 0.2) is 11.5 Å². The standard InChI is InChI=1S/C14H21NO2.ClH/c1-16-12-9-5-8-11(14(12)17-2)13(15)10-6-3-4-7-10;/h5,8-10,13H,3-4,6-7,15H2,1-2H3;1H/t13-;/m1./s1. The minimum atomic E-state index is 0. The normalized spacial score (nSPS) is 17.1.